The van der Waals surface area contributed by atoms with Crippen LogP contribution in [0.25, 0.3) is 21.8 Å². The quantitative estimate of drug-likeness (QED) is 0.427. The smallest absolute Gasteiger partial charge is 0.180 e. The number of fused-ring (bicyclic) bond motifs is 3. The standard InChI is InChI=1S/C23H22BrNO4S/c1-15-3-9-22-20(11-15)21-12-16(24)4-10-23(21)25(22)13-17(26)14-30(27,28)19-7-5-18(29-2)6-8-19/h3-12,17,26H,13-14H2,1-2H3. The summed E-state index contributed by atoms with van der Waals surface area (Å²) in [7, 11) is -2.11. The number of aliphatic hydroxyl groups is 1. The zero-order valence-corrected chi connectivity index (χ0v) is 19.1. The van der Waals surface area contributed by atoms with Gasteiger partial charge in [0.25, 0.3) is 0 Å². The van der Waals surface area contributed by atoms with Crippen molar-refractivity contribution < 1.29 is 18.3 Å². The topological polar surface area (TPSA) is 68.5 Å². The van der Waals surface area contributed by atoms with Crippen molar-refractivity contribution in [1.29, 1.82) is 0 Å². The fourth-order valence-electron chi connectivity index (χ4n) is 3.78. The first-order valence-corrected chi connectivity index (χ1v) is 12.0. The second-order valence-electron chi connectivity index (χ2n) is 7.40. The number of aliphatic hydroxyl groups excluding tert-OH is 1. The number of sulfone groups is 1. The highest BCUT2D eigenvalue weighted by Crippen LogP contribution is 2.32. The van der Waals surface area contributed by atoms with E-state index in [4.69, 9.17) is 4.74 Å². The van der Waals surface area contributed by atoms with E-state index < -0.39 is 15.9 Å². The molecule has 0 saturated carbocycles. The maximum Gasteiger partial charge on any atom is 0.180 e. The SMILES string of the molecule is COc1ccc(S(=O)(=O)CC(O)Cn2c3ccc(C)cc3c3cc(Br)ccc32)cc1. The lowest BCUT2D eigenvalue weighted by atomic mass is 10.1. The number of nitrogens with zero attached hydrogens (tertiary/aromatic N) is 1. The van der Waals surface area contributed by atoms with Crippen LogP contribution in [-0.4, -0.2) is 37.1 Å². The number of halogens is 1. The number of aromatic nitrogens is 1. The van der Waals surface area contributed by atoms with Crippen molar-refractivity contribution in [2.24, 2.45) is 0 Å². The molecule has 1 N–H and O–H groups in total. The largest absolute Gasteiger partial charge is 0.497 e. The summed E-state index contributed by atoms with van der Waals surface area (Å²) in [5.41, 5.74) is 3.07. The molecule has 3 aromatic carbocycles. The molecular weight excluding hydrogens is 466 g/mol. The normalized spacial score (nSPS) is 13.1. The van der Waals surface area contributed by atoms with Gasteiger partial charge in [-0.15, -0.1) is 0 Å². The number of ether oxygens (including phenoxy) is 1. The zero-order valence-electron chi connectivity index (χ0n) is 16.7. The first-order valence-electron chi connectivity index (χ1n) is 9.51. The van der Waals surface area contributed by atoms with E-state index in [-0.39, 0.29) is 17.2 Å². The minimum atomic E-state index is -3.63. The average Bonchev–Trinajstić information content (AvgIpc) is 2.99. The molecule has 5 nitrogen and oxygen atoms in total. The first-order chi connectivity index (χ1) is 14.3. The molecule has 7 heteroatoms. The molecule has 156 valence electrons. The third-order valence-electron chi connectivity index (χ3n) is 5.21. The van der Waals surface area contributed by atoms with Crippen molar-refractivity contribution in [1.82, 2.24) is 4.57 Å². The van der Waals surface area contributed by atoms with Crippen LogP contribution in [0, 0.1) is 6.92 Å². The third kappa shape index (κ3) is 3.97. The molecule has 1 atom stereocenters. The van der Waals surface area contributed by atoms with Crippen LogP contribution in [0.5, 0.6) is 5.75 Å². The van der Waals surface area contributed by atoms with Gasteiger partial charge in [-0.1, -0.05) is 27.6 Å². The van der Waals surface area contributed by atoms with Gasteiger partial charge >= 0.3 is 0 Å². The first kappa shape index (κ1) is 20.9. The number of methoxy groups -OCH3 is 1. The van der Waals surface area contributed by atoms with Crippen LogP contribution in [0.15, 0.2) is 70.0 Å². The highest BCUT2D eigenvalue weighted by molar-refractivity contribution is 9.10. The van der Waals surface area contributed by atoms with E-state index in [2.05, 4.69) is 22.0 Å². The Kier molecular flexibility index (Phi) is 5.61. The van der Waals surface area contributed by atoms with Gasteiger partial charge < -0.3 is 14.4 Å². The van der Waals surface area contributed by atoms with Crippen LogP contribution in [0.4, 0.5) is 0 Å². The monoisotopic (exact) mass is 487 g/mol. The molecule has 1 unspecified atom stereocenters. The van der Waals surface area contributed by atoms with Crippen molar-refractivity contribution >= 4 is 47.6 Å². The minimum Gasteiger partial charge on any atom is -0.497 e. The second kappa shape index (κ2) is 8.06. The van der Waals surface area contributed by atoms with Gasteiger partial charge in [-0.2, -0.15) is 0 Å². The van der Waals surface area contributed by atoms with E-state index in [1.54, 1.807) is 12.1 Å². The average molecular weight is 488 g/mol. The zero-order chi connectivity index (χ0) is 21.5. The van der Waals surface area contributed by atoms with Crippen LogP contribution in [-0.2, 0) is 16.4 Å². The molecule has 4 rings (SSSR count). The van der Waals surface area contributed by atoms with E-state index >= 15 is 0 Å². The molecule has 0 fully saturated rings. The van der Waals surface area contributed by atoms with Gasteiger partial charge in [0.05, 0.1) is 30.4 Å². The molecule has 0 saturated heterocycles. The summed E-state index contributed by atoms with van der Waals surface area (Å²) in [5, 5.41) is 12.9. The molecule has 0 aliphatic carbocycles. The summed E-state index contributed by atoms with van der Waals surface area (Å²) in [4.78, 5) is 0.170. The van der Waals surface area contributed by atoms with E-state index in [9.17, 15) is 13.5 Å². The third-order valence-corrected chi connectivity index (χ3v) is 7.51. The molecule has 0 aliphatic rings. The highest BCUT2D eigenvalue weighted by Gasteiger charge is 2.22. The van der Waals surface area contributed by atoms with Gasteiger partial charge in [-0.3, -0.25) is 0 Å². The van der Waals surface area contributed by atoms with Gasteiger partial charge in [-0.05, 0) is 61.5 Å². The van der Waals surface area contributed by atoms with E-state index in [1.165, 1.54) is 19.2 Å². The molecule has 0 spiro atoms. The van der Waals surface area contributed by atoms with Crippen LogP contribution in [0.1, 0.15) is 5.56 Å². The predicted octanol–water partition coefficient (Wildman–Crippen LogP) is 4.71. The number of hydrogen-bond donors (Lipinski definition) is 1. The Balaban J connectivity index is 1.67. The molecular formula is C23H22BrNO4S. The van der Waals surface area contributed by atoms with Crippen LogP contribution in [0.3, 0.4) is 0 Å². The molecule has 1 aromatic heterocycles. The van der Waals surface area contributed by atoms with Crippen LogP contribution in [0.2, 0.25) is 0 Å². The summed E-state index contributed by atoms with van der Waals surface area (Å²) < 4.78 is 33.6. The summed E-state index contributed by atoms with van der Waals surface area (Å²) >= 11 is 3.53. The number of benzene rings is 3. The predicted molar refractivity (Wildman–Crippen MR) is 123 cm³/mol. The van der Waals surface area contributed by atoms with Gasteiger partial charge in [0.15, 0.2) is 9.84 Å². The molecule has 0 aliphatic heterocycles. The lowest BCUT2D eigenvalue weighted by Gasteiger charge is -2.15. The van der Waals surface area contributed by atoms with Gasteiger partial charge in [0, 0.05) is 26.3 Å². The highest BCUT2D eigenvalue weighted by atomic mass is 79.9. The number of aryl methyl sites for hydroxylation is 1. The van der Waals surface area contributed by atoms with E-state index in [1.807, 2.05) is 41.8 Å². The molecule has 4 aromatic rings. The molecule has 30 heavy (non-hydrogen) atoms. The van der Waals surface area contributed by atoms with Gasteiger partial charge in [0.1, 0.15) is 5.75 Å². The summed E-state index contributed by atoms with van der Waals surface area (Å²) in [6.07, 6.45) is -1.05. The van der Waals surface area contributed by atoms with Crippen molar-refractivity contribution in [3.8, 4) is 5.75 Å². The van der Waals surface area contributed by atoms with Crippen molar-refractivity contribution in [2.75, 3.05) is 12.9 Å². The number of hydrogen-bond acceptors (Lipinski definition) is 4. The summed E-state index contributed by atoms with van der Waals surface area (Å²) in [6, 6.07) is 18.3. The van der Waals surface area contributed by atoms with Gasteiger partial charge in [0.2, 0.25) is 0 Å². The van der Waals surface area contributed by atoms with Gasteiger partial charge in [-0.25, -0.2) is 8.42 Å². The Hall–Kier alpha value is -2.35. The van der Waals surface area contributed by atoms with E-state index in [0.717, 1.165) is 31.8 Å². The lowest BCUT2D eigenvalue weighted by molar-refractivity contribution is 0.179. The van der Waals surface area contributed by atoms with Crippen molar-refractivity contribution in [3.05, 3.63) is 70.7 Å². The molecule has 1 heterocycles. The fourth-order valence-corrected chi connectivity index (χ4v) is 5.50. The Morgan fingerprint density at radius 3 is 2.30 bits per heavy atom. The minimum absolute atomic E-state index is 0.170. The Bertz CT molecular complexity index is 1270. The maximum absolute atomic E-state index is 12.8. The summed E-state index contributed by atoms with van der Waals surface area (Å²) in [5.74, 6) is 0.226. The Morgan fingerprint density at radius 1 is 1.00 bits per heavy atom. The van der Waals surface area contributed by atoms with Crippen LogP contribution < -0.4 is 4.74 Å². The fraction of sp³-hybridized carbons (Fsp3) is 0.217. The van der Waals surface area contributed by atoms with Crippen LogP contribution >= 0.6 is 15.9 Å². The van der Waals surface area contributed by atoms with E-state index in [0.29, 0.717) is 5.75 Å². The maximum atomic E-state index is 12.8. The Labute approximate surface area is 183 Å². The number of rotatable bonds is 6. The lowest BCUT2D eigenvalue weighted by Crippen LogP contribution is -2.25. The van der Waals surface area contributed by atoms with Crippen molar-refractivity contribution in [3.63, 3.8) is 0 Å². The summed E-state index contributed by atoms with van der Waals surface area (Å²) in [6.45, 7) is 2.22. The molecule has 0 amide bonds. The van der Waals surface area contributed by atoms with Crippen molar-refractivity contribution in [2.45, 2.75) is 24.5 Å². The molecule has 0 radical (unpaired) electrons. The molecule has 0 bridgehead atoms. The second-order valence-corrected chi connectivity index (χ2v) is 10.4. The Morgan fingerprint density at radius 2 is 1.63 bits per heavy atom.